The lowest BCUT2D eigenvalue weighted by Crippen LogP contribution is -2.55. The van der Waals surface area contributed by atoms with Gasteiger partial charge in [-0.15, -0.1) is 0 Å². The average Bonchev–Trinajstić information content (AvgIpc) is 3.02. The predicted molar refractivity (Wildman–Crippen MR) is 93.1 cm³/mol. The summed E-state index contributed by atoms with van der Waals surface area (Å²) in [5.41, 5.74) is 2.41. The molecule has 6 nitrogen and oxygen atoms in total. The molecule has 0 spiro atoms. The minimum absolute atomic E-state index is 0.138. The van der Waals surface area contributed by atoms with Crippen LogP contribution in [0.3, 0.4) is 0 Å². The van der Waals surface area contributed by atoms with Gasteiger partial charge in [0.25, 0.3) is 0 Å². The fraction of sp³-hybridized carbons (Fsp3) is 0.526. The van der Waals surface area contributed by atoms with E-state index in [1.54, 1.807) is 6.92 Å². The van der Waals surface area contributed by atoms with Crippen LogP contribution in [0.1, 0.15) is 48.5 Å². The van der Waals surface area contributed by atoms with Crippen LogP contribution in [0.25, 0.3) is 0 Å². The molecule has 2 amide bonds. The molecule has 1 aromatic heterocycles. The van der Waals surface area contributed by atoms with Crippen molar-refractivity contribution in [3.63, 3.8) is 0 Å². The van der Waals surface area contributed by atoms with Gasteiger partial charge in [0.05, 0.1) is 0 Å². The molecule has 2 aliphatic carbocycles. The second-order valence-corrected chi connectivity index (χ2v) is 7.29. The predicted octanol–water partition coefficient (Wildman–Crippen LogP) is 2.86. The molecule has 2 aromatic rings. The lowest BCUT2D eigenvalue weighted by Gasteiger charge is -2.39. The van der Waals surface area contributed by atoms with Crippen molar-refractivity contribution in [3.8, 4) is 0 Å². The van der Waals surface area contributed by atoms with Gasteiger partial charge in [-0.25, -0.2) is 4.79 Å². The van der Waals surface area contributed by atoms with Crippen molar-refractivity contribution in [2.75, 3.05) is 6.54 Å². The Morgan fingerprint density at radius 3 is 2.80 bits per heavy atom. The zero-order chi connectivity index (χ0) is 17.3. The fourth-order valence-corrected chi connectivity index (χ4v) is 3.87. The Labute approximate surface area is 147 Å². The van der Waals surface area contributed by atoms with Crippen LogP contribution in [0.5, 0.6) is 0 Å². The molecule has 25 heavy (non-hydrogen) atoms. The molecule has 1 heterocycles. The number of urea groups is 1. The van der Waals surface area contributed by atoms with Crippen LogP contribution >= 0.6 is 0 Å². The summed E-state index contributed by atoms with van der Waals surface area (Å²) < 4.78 is 5.08. The number of carbonyl (C=O) groups is 1. The van der Waals surface area contributed by atoms with Gasteiger partial charge in [0.15, 0.2) is 5.82 Å². The molecule has 6 heteroatoms. The van der Waals surface area contributed by atoms with E-state index in [0.717, 1.165) is 38.5 Å². The number of amides is 2. The first kappa shape index (κ1) is 16.1. The first-order chi connectivity index (χ1) is 12.1. The van der Waals surface area contributed by atoms with Crippen LogP contribution in [0.15, 0.2) is 28.8 Å². The summed E-state index contributed by atoms with van der Waals surface area (Å²) in [6.07, 6.45) is 6.02. The highest BCUT2D eigenvalue weighted by molar-refractivity contribution is 5.75. The zero-order valence-corrected chi connectivity index (χ0v) is 14.5. The largest absolute Gasteiger partial charge is 0.340 e. The van der Waals surface area contributed by atoms with Crippen LogP contribution in [0.2, 0.25) is 0 Å². The Kier molecular flexibility index (Phi) is 4.19. The van der Waals surface area contributed by atoms with Crippen molar-refractivity contribution in [2.24, 2.45) is 5.92 Å². The highest BCUT2D eigenvalue weighted by Gasteiger charge is 2.44. The maximum absolute atomic E-state index is 12.4. The Bertz CT molecular complexity index is 766. The van der Waals surface area contributed by atoms with Crippen molar-refractivity contribution >= 4 is 6.03 Å². The summed E-state index contributed by atoms with van der Waals surface area (Å²) in [5, 5.41) is 10.1. The van der Waals surface area contributed by atoms with Crippen LogP contribution in [0.4, 0.5) is 4.79 Å². The monoisotopic (exact) mass is 340 g/mol. The number of nitrogens with one attached hydrogen (secondary N) is 2. The van der Waals surface area contributed by atoms with Crippen LogP contribution in [0, 0.1) is 12.8 Å². The minimum Gasteiger partial charge on any atom is -0.340 e. The lowest BCUT2D eigenvalue weighted by atomic mass is 9.76. The molecular weight excluding hydrogens is 316 g/mol. The number of aryl methyl sites for hydroxylation is 2. The van der Waals surface area contributed by atoms with Gasteiger partial charge in [-0.1, -0.05) is 29.4 Å². The van der Waals surface area contributed by atoms with Gasteiger partial charge in [-0.05, 0) is 55.6 Å². The van der Waals surface area contributed by atoms with Gasteiger partial charge < -0.3 is 15.2 Å². The number of hydrogen-bond acceptors (Lipinski definition) is 4. The molecule has 0 radical (unpaired) electrons. The van der Waals surface area contributed by atoms with E-state index in [4.69, 9.17) is 4.52 Å². The van der Waals surface area contributed by atoms with Gasteiger partial charge in [0.1, 0.15) is 5.54 Å². The van der Waals surface area contributed by atoms with Crippen LogP contribution in [-0.4, -0.2) is 22.7 Å². The molecule has 2 N–H and O–H groups in total. The normalized spacial score (nSPS) is 21.1. The Balaban J connectivity index is 1.32. The van der Waals surface area contributed by atoms with Gasteiger partial charge >= 0.3 is 6.03 Å². The second kappa shape index (κ2) is 6.50. The minimum atomic E-state index is -0.457. The van der Waals surface area contributed by atoms with Crippen molar-refractivity contribution in [1.29, 1.82) is 0 Å². The van der Waals surface area contributed by atoms with E-state index in [1.807, 2.05) is 0 Å². The number of fused-ring (bicyclic) bond motifs is 1. The quantitative estimate of drug-likeness (QED) is 0.897. The second-order valence-electron chi connectivity index (χ2n) is 7.29. The Morgan fingerprint density at radius 1 is 1.32 bits per heavy atom. The first-order valence-electron chi connectivity index (χ1n) is 9.08. The first-order valence-corrected chi connectivity index (χ1v) is 9.08. The Morgan fingerprint density at radius 2 is 2.12 bits per heavy atom. The number of carbonyl (C=O) groups excluding carboxylic acids is 1. The van der Waals surface area contributed by atoms with Crippen molar-refractivity contribution in [1.82, 2.24) is 20.8 Å². The van der Waals surface area contributed by atoms with Gasteiger partial charge in [-0.2, -0.15) is 4.98 Å². The van der Waals surface area contributed by atoms with Crippen molar-refractivity contribution in [2.45, 2.75) is 51.0 Å². The van der Waals surface area contributed by atoms with Gasteiger partial charge in [0, 0.05) is 13.5 Å². The fourth-order valence-electron chi connectivity index (χ4n) is 3.87. The van der Waals surface area contributed by atoms with Crippen molar-refractivity contribution in [3.05, 3.63) is 47.1 Å². The van der Waals surface area contributed by atoms with E-state index in [-0.39, 0.29) is 6.03 Å². The van der Waals surface area contributed by atoms with Gasteiger partial charge in [-0.3, -0.25) is 0 Å². The van der Waals surface area contributed by atoms with E-state index >= 15 is 0 Å². The van der Waals surface area contributed by atoms with E-state index < -0.39 is 5.54 Å². The van der Waals surface area contributed by atoms with Gasteiger partial charge in [0.2, 0.25) is 5.89 Å². The Hall–Kier alpha value is -2.37. The molecular formula is C19H24N4O2. The smallest absolute Gasteiger partial charge is 0.315 e. The molecule has 2 aliphatic rings. The number of nitrogens with zero attached hydrogens (tertiary/aromatic N) is 2. The summed E-state index contributed by atoms with van der Waals surface area (Å²) in [4.78, 5) is 16.7. The maximum Gasteiger partial charge on any atom is 0.315 e. The average molecular weight is 340 g/mol. The molecule has 1 aromatic carbocycles. The topological polar surface area (TPSA) is 80.0 Å². The molecule has 1 fully saturated rings. The van der Waals surface area contributed by atoms with E-state index in [2.05, 4.69) is 45.0 Å². The summed E-state index contributed by atoms with van der Waals surface area (Å²) in [5.74, 6) is 1.62. The molecule has 132 valence electrons. The third-order valence-electron chi connectivity index (χ3n) is 5.52. The highest BCUT2D eigenvalue weighted by Crippen LogP contribution is 2.39. The summed E-state index contributed by atoms with van der Waals surface area (Å²) in [6, 6.07) is 8.46. The number of benzene rings is 1. The number of hydrogen-bond donors (Lipinski definition) is 2. The summed E-state index contributed by atoms with van der Waals surface area (Å²) in [6.45, 7) is 2.46. The zero-order valence-electron chi connectivity index (χ0n) is 14.5. The highest BCUT2D eigenvalue weighted by atomic mass is 16.5. The third kappa shape index (κ3) is 3.25. The van der Waals surface area contributed by atoms with Crippen molar-refractivity contribution < 1.29 is 9.32 Å². The third-order valence-corrected chi connectivity index (χ3v) is 5.52. The lowest BCUT2D eigenvalue weighted by molar-refractivity contribution is 0.164. The van der Waals surface area contributed by atoms with E-state index in [9.17, 15) is 4.79 Å². The maximum atomic E-state index is 12.4. The molecule has 0 aliphatic heterocycles. The molecule has 0 saturated heterocycles. The summed E-state index contributed by atoms with van der Waals surface area (Å²) >= 11 is 0. The van der Waals surface area contributed by atoms with Crippen LogP contribution < -0.4 is 10.6 Å². The van der Waals surface area contributed by atoms with Crippen LogP contribution in [-0.2, 0) is 18.4 Å². The summed E-state index contributed by atoms with van der Waals surface area (Å²) in [7, 11) is 0. The standard InChI is InChI=1S/C19H24N4O2/c1-13-21-17(23-25-13)19(9-4-10-19)22-18(24)20-12-14-7-8-15-5-2-3-6-16(15)11-14/h2-3,5-6,14H,4,7-12H2,1H3,(H2,20,22,24)/t14-/m0/s1. The molecule has 4 rings (SSSR count). The van der Waals surface area contributed by atoms with E-state index in [0.29, 0.717) is 24.2 Å². The SMILES string of the molecule is Cc1nc(C2(NC(=O)NC[C@H]3CCc4ccccc4C3)CCC2)no1. The van der Waals surface area contributed by atoms with E-state index in [1.165, 1.54) is 11.1 Å². The molecule has 0 bridgehead atoms. The molecule has 0 unspecified atom stereocenters. The molecule has 1 atom stereocenters. The number of rotatable bonds is 4. The number of aromatic nitrogens is 2. The molecule has 1 saturated carbocycles.